The second-order valence-corrected chi connectivity index (χ2v) is 5.62. The smallest absolute Gasteiger partial charge is 0.132 e. The van der Waals surface area contributed by atoms with Crippen LogP contribution >= 0.6 is 0 Å². The number of Topliss-reactive ketones (excluding diaryl/α,β-unsaturated/α-hetero) is 1. The zero-order chi connectivity index (χ0) is 13.6. The molecule has 18 heavy (non-hydrogen) atoms. The van der Waals surface area contributed by atoms with Crippen LogP contribution in [0, 0.1) is 0 Å². The third-order valence-corrected chi connectivity index (χ3v) is 2.98. The summed E-state index contributed by atoms with van der Waals surface area (Å²) in [5.74, 6) is 1.19. The van der Waals surface area contributed by atoms with E-state index in [1.54, 1.807) is 0 Å². The van der Waals surface area contributed by atoms with Crippen LogP contribution in [-0.2, 0) is 10.2 Å². The summed E-state index contributed by atoms with van der Waals surface area (Å²) < 4.78 is 5.62. The normalized spacial score (nSPS) is 11.3. The molecule has 0 fully saturated rings. The van der Waals surface area contributed by atoms with Gasteiger partial charge in [0.25, 0.3) is 0 Å². The lowest BCUT2D eigenvalue weighted by Gasteiger charge is -2.19. The Hall–Kier alpha value is -1.31. The van der Waals surface area contributed by atoms with Gasteiger partial charge in [-0.3, -0.25) is 4.79 Å². The molecule has 0 bridgehead atoms. The Kier molecular flexibility index (Phi) is 5.39. The first-order valence-electron chi connectivity index (χ1n) is 6.68. The molecule has 1 rings (SSSR count). The Labute approximate surface area is 110 Å². The van der Waals surface area contributed by atoms with Gasteiger partial charge in [0.2, 0.25) is 0 Å². The molecule has 0 atom stereocenters. The fourth-order valence-electron chi connectivity index (χ4n) is 1.69. The van der Waals surface area contributed by atoms with Gasteiger partial charge in [0.15, 0.2) is 0 Å². The first-order chi connectivity index (χ1) is 8.43. The number of hydrogen-bond donors (Lipinski definition) is 0. The number of benzene rings is 1. The predicted molar refractivity (Wildman–Crippen MR) is 75.2 cm³/mol. The number of ether oxygens (including phenoxy) is 1. The van der Waals surface area contributed by atoms with Crippen LogP contribution in [0.5, 0.6) is 5.75 Å². The van der Waals surface area contributed by atoms with Gasteiger partial charge in [-0.2, -0.15) is 0 Å². The fourth-order valence-corrected chi connectivity index (χ4v) is 1.69. The van der Waals surface area contributed by atoms with Crippen molar-refractivity contribution in [3.8, 4) is 5.75 Å². The van der Waals surface area contributed by atoms with E-state index in [1.807, 2.05) is 19.1 Å². The van der Waals surface area contributed by atoms with Gasteiger partial charge in [-0.05, 0) is 29.5 Å². The highest BCUT2D eigenvalue weighted by atomic mass is 16.5. The van der Waals surface area contributed by atoms with Crippen molar-refractivity contribution in [1.82, 2.24) is 0 Å². The van der Waals surface area contributed by atoms with E-state index in [4.69, 9.17) is 4.74 Å². The van der Waals surface area contributed by atoms with E-state index in [9.17, 15) is 4.79 Å². The van der Waals surface area contributed by atoms with Gasteiger partial charge in [-0.25, -0.2) is 0 Å². The zero-order valence-electron chi connectivity index (χ0n) is 12.0. The third kappa shape index (κ3) is 4.91. The second kappa shape index (κ2) is 6.58. The molecular weight excluding hydrogens is 224 g/mol. The molecule has 2 nitrogen and oxygen atoms in total. The van der Waals surface area contributed by atoms with Crippen LogP contribution in [0.4, 0.5) is 0 Å². The van der Waals surface area contributed by atoms with E-state index in [0.29, 0.717) is 25.2 Å². The quantitative estimate of drug-likeness (QED) is 0.708. The van der Waals surface area contributed by atoms with E-state index < -0.39 is 0 Å². The molecule has 1 aromatic carbocycles. The van der Waals surface area contributed by atoms with Crippen molar-refractivity contribution in [1.29, 1.82) is 0 Å². The molecule has 0 amide bonds. The van der Waals surface area contributed by atoms with Crippen molar-refractivity contribution in [2.75, 3.05) is 6.61 Å². The third-order valence-electron chi connectivity index (χ3n) is 2.98. The summed E-state index contributed by atoms with van der Waals surface area (Å²) in [5.41, 5.74) is 1.47. The molecule has 0 heterocycles. The van der Waals surface area contributed by atoms with Crippen LogP contribution in [-0.4, -0.2) is 12.4 Å². The van der Waals surface area contributed by atoms with Crippen molar-refractivity contribution in [3.05, 3.63) is 29.8 Å². The van der Waals surface area contributed by atoms with Crippen LogP contribution in [0.25, 0.3) is 0 Å². The number of hydrogen-bond acceptors (Lipinski definition) is 2. The van der Waals surface area contributed by atoms with E-state index in [0.717, 1.165) is 12.2 Å². The molecule has 1 aromatic rings. The molecule has 0 aliphatic carbocycles. The molecule has 0 spiro atoms. The highest BCUT2D eigenvalue weighted by Gasteiger charge is 2.12. The number of carbonyl (C=O) groups excluding carboxylic acids is 1. The SMILES string of the molecule is CCC(=O)CCCOc1ccc(C(C)(C)C)cc1. The number of ketones is 1. The van der Waals surface area contributed by atoms with Crippen molar-refractivity contribution in [2.24, 2.45) is 0 Å². The van der Waals surface area contributed by atoms with Crippen molar-refractivity contribution >= 4 is 5.78 Å². The molecule has 0 saturated carbocycles. The van der Waals surface area contributed by atoms with Gasteiger partial charge >= 0.3 is 0 Å². The van der Waals surface area contributed by atoms with E-state index in [1.165, 1.54) is 5.56 Å². The predicted octanol–water partition coefficient (Wildman–Crippen LogP) is 4.12. The maximum atomic E-state index is 11.1. The molecule has 0 aromatic heterocycles. The van der Waals surface area contributed by atoms with Crippen molar-refractivity contribution < 1.29 is 9.53 Å². The van der Waals surface area contributed by atoms with Gasteiger partial charge in [-0.15, -0.1) is 0 Å². The number of carbonyl (C=O) groups is 1. The minimum Gasteiger partial charge on any atom is -0.494 e. The Morgan fingerprint density at radius 1 is 1.17 bits per heavy atom. The van der Waals surface area contributed by atoms with E-state index in [2.05, 4.69) is 32.9 Å². The summed E-state index contributed by atoms with van der Waals surface area (Å²) in [5, 5.41) is 0. The van der Waals surface area contributed by atoms with Gasteiger partial charge < -0.3 is 4.74 Å². The van der Waals surface area contributed by atoms with E-state index in [-0.39, 0.29) is 5.41 Å². The second-order valence-electron chi connectivity index (χ2n) is 5.62. The average molecular weight is 248 g/mol. The number of rotatable bonds is 6. The van der Waals surface area contributed by atoms with Gasteiger partial charge in [0, 0.05) is 12.8 Å². The summed E-state index contributed by atoms with van der Waals surface area (Å²) in [7, 11) is 0. The highest BCUT2D eigenvalue weighted by molar-refractivity contribution is 5.77. The van der Waals surface area contributed by atoms with Gasteiger partial charge in [0.05, 0.1) is 6.61 Å². The average Bonchev–Trinajstić information content (AvgIpc) is 2.33. The summed E-state index contributed by atoms with van der Waals surface area (Å²) >= 11 is 0. The zero-order valence-corrected chi connectivity index (χ0v) is 12.0. The molecule has 100 valence electrons. The lowest BCUT2D eigenvalue weighted by atomic mass is 9.87. The Bertz CT molecular complexity index is 371. The largest absolute Gasteiger partial charge is 0.494 e. The molecule has 0 radical (unpaired) electrons. The summed E-state index contributed by atoms with van der Waals surface area (Å²) in [6.07, 6.45) is 2.05. The summed E-state index contributed by atoms with van der Waals surface area (Å²) in [6.45, 7) is 9.09. The lowest BCUT2D eigenvalue weighted by molar-refractivity contribution is -0.118. The van der Waals surface area contributed by atoms with Crippen LogP contribution in [0.1, 0.15) is 52.5 Å². The highest BCUT2D eigenvalue weighted by Crippen LogP contribution is 2.24. The van der Waals surface area contributed by atoms with Crippen LogP contribution < -0.4 is 4.74 Å². The molecule has 0 aliphatic heterocycles. The van der Waals surface area contributed by atoms with Crippen LogP contribution in [0.2, 0.25) is 0 Å². The first-order valence-corrected chi connectivity index (χ1v) is 6.68. The van der Waals surface area contributed by atoms with Crippen LogP contribution in [0.15, 0.2) is 24.3 Å². The first kappa shape index (κ1) is 14.7. The van der Waals surface area contributed by atoms with Crippen LogP contribution in [0.3, 0.4) is 0 Å². The lowest BCUT2D eigenvalue weighted by Crippen LogP contribution is -2.10. The molecule has 0 N–H and O–H groups in total. The minimum atomic E-state index is 0.173. The van der Waals surface area contributed by atoms with Gasteiger partial charge in [0.1, 0.15) is 11.5 Å². The molecule has 0 aliphatic rings. The Morgan fingerprint density at radius 3 is 2.28 bits per heavy atom. The van der Waals surface area contributed by atoms with Crippen molar-refractivity contribution in [2.45, 2.75) is 52.4 Å². The summed E-state index contributed by atoms with van der Waals surface area (Å²) in [4.78, 5) is 11.1. The Morgan fingerprint density at radius 2 is 1.78 bits per heavy atom. The molecule has 2 heteroatoms. The molecule has 0 unspecified atom stereocenters. The van der Waals surface area contributed by atoms with E-state index >= 15 is 0 Å². The maximum Gasteiger partial charge on any atom is 0.132 e. The van der Waals surface area contributed by atoms with Gasteiger partial charge in [-0.1, -0.05) is 39.8 Å². The topological polar surface area (TPSA) is 26.3 Å². The molecule has 0 saturated heterocycles. The monoisotopic (exact) mass is 248 g/mol. The molecular formula is C16H24O2. The Balaban J connectivity index is 2.38. The standard InChI is InChI=1S/C16H24O2/c1-5-14(17)7-6-12-18-15-10-8-13(9-11-15)16(2,3)4/h8-11H,5-7,12H2,1-4H3. The fraction of sp³-hybridized carbons (Fsp3) is 0.562. The maximum absolute atomic E-state index is 11.1. The summed E-state index contributed by atoms with van der Waals surface area (Å²) in [6, 6.07) is 8.21. The minimum absolute atomic E-state index is 0.173. The van der Waals surface area contributed by atoms with Crippen molar-refractivity contribution in [3.63, 3.8) is 0 Å².